The Hall–Kier alpha value is -3.20. The van der Waals surface area contributed by atoms with Crippen LogP contribution in [-0.4, -0.2) is 45.5 Å². The highest BCUT2D eigenvalue weighted by molar-refractivity contribution is 7.92. The lowest BCUT2D eigenvalue weighted by Crippen LogP contribution is -2.27. The fourth-order valence-electron chi connectivity index (χ4n) is 3.07. The molecule has 1 aliphatic heterocycles. The monoisotopic (exact) mass is 416 g/mol. The van der Waals surface area contributed by atoms with Crippen molar-refractivity contribution in [3.05, 3.63) is 59.2 Å². The molecule has 1 amide bonds. The van der Waals surface area contributed by atoms with E-state index in [1.54, 1.807) is 30.3 Å². The Labute approximate surface area is 168 Å². The Morgan fingerprint density at radius 3 is 2.55 bits per heavy atom. The molecule has 0 bridgehead atoms. The van der Waals surface area contributed by atoms with Crippen LogP contribution in [0, 0.1) is 0 Å². The van der Waals surface area contributed by atoms with E-state index in [1.165, 1.54) is 23.4 Å². The van der Waals surface area contributed by atoms with Gasteiger partial charge < -0.3 is 10.1 Å². The lowest BCUT2D eigenvalue weighted by Gasteiger charge is -2.16. The zero-order valence-electron chi connectivity index (χ0n) is 16.0. The number of nitrogens with zero attached hydrogens (tertiary/aromatic N) is 1. The number of anilines is 2. The van der Waals surface area contributed by atoms with Crippen molar-refractivity contribution in [3.8, 4) is 0 Å². The molecule has 152 valence electrons. The van der Waals surface area contributed by atoms with Crippen molar-refractivity contribution < 1.29 is 27.5 Å². The summed E-state index contributed by atoms with van der Waals surface area (Å²) in [6, 6.07) is 11.1. The van der Waals surface area contributed by atoms with Crippen LogP contribution in [0.5, 0.6) is 0 Å². The van der Waals surface area contributed by atoms with Crippen molar-refractivity contribution in [1.29, 1.82) is 0 Å². The van der Waals surface area contributed by atoms with E-state index in [9.17, 15) is 22.8 Å². The number of ether oxygens (including phenoxy) is 1. The number of sulfonamides is 1. The van der Waals surface area contributed by atoms with Crippen LogP contribution >= 0.6 is 0 Å². The number of hydrogen-bond donors (Lipinski definition) is 1. The molecule has 0 aromatic heterocycles. The first-order valence-corrected chi connectivity index (χ1v) is 10.7. The third-order valence-corrected chi connectivity index (χ3v) is 5.64. The summed E-state index contributed by atoms with van der Waals surface area (Å²) >= 11 is 0. The van der Waals surface area contributed by atoms with Crippen LogP contribution in [-0.2, 0) is 26.0 Å². The summed E-state index contributed by atoms with van der Waals surface area (Å²) in [5, 5.41) is 2.57. The second-order valence-corrected chi connectivity index (χ2v) is 8.60. The molecular weight excluding hydrogens is 396 g/mol. The van der Waals surface area contributed by atoms with Gasteiger partial charge in [0.2, 0.25) is 10.0 Å². The maximum absolute atomic E-state index is 12.2. The summed E-state index contributed by atoms with van der Waals surface area (Å²) < 4.78 is 29.9. The Morgan fingerprint density at radius 1 is 1.10 bits per heavy atom. The molecule has 1 aliphatic rings. The van der Waals surface area contributed by atoms with Crippen LogP contribution in [0.25, 0.3) is 0 Å². The highest BCUT2D eigenvalue weighted by atomic mass is 32.2. The first-order valence-electron chi connectivity index (χ1n) is 8.84. The lowest BCUT2D eigenvalue weighted by molar-refractivity contribution is -0.119. The number of hydrogen-bond acceptors (Lipinski definition) is 6. The van der Waals surface area contributed by atoms with Crippen LogP contribution in [0.3, 0.4) is 0 Å². The molecule has 2 aromatic carbocycles. The van der Waals surface area contributed by atoms with Gasteiger partial charge in [-0.15, -0.1) is 0 Å². The van der Waals surface area contributed by atoms with E-state index in [0.717, 1.165) is 11.8 Å². The number of fused-ring (bicyclic) bond motifs is 1. The summed E-state index contributed by atoms with van der Waals surface area (Å²) in [5.74, 6) is -1.35. The molecule has 0 aliphatic carbocycles. The maximum Gasteiger partial charge on any atom is 0.338 e. The Bertz CT molecular complexity index is 1090. The van der Waals surface area contributed by atoms with Crippen molar-refractivity contribution in [1.82, 2.24) is 0 Å². The number of carbonyl (C=O) groups excluding carboxylic acids is 3. The van der Waals surface area contributed by atoms with Crippen LogP contribution in [0.2, 0.25) is 0 Å². The second kappa shape index (κ2) is 8.04. The average Bonchev–Trinajstić information content (AvgIpc) is 3.10. The number of esters is 1. The summed E-state index contributed by atoms with van der Waals surface area (Å²) in [5.41, 5.74) is 2.41. The fourth-order valence-corrected chi connectivity index (χ4v) is 4.03. The minimum absolute atomic E-state index is 0.126. The topological polar surface area (TPSA) is 110 Å². The minimum Gasteiger partial charge on any atom is -0.452 e. The quantitative estimate of drug-likeness (QED) is 0.570. The number of carbonyl (C=O) groups is 3. The molecule has 0 saturated carbocycles. The van der Waals surface area contributed by atoms with Gasteiger partial charge in [-0.3, -0.25) is 13.9 Å². The molecule has 0 radical (unpaired) electrons. The van der Waals surface area contributed by atoms with Crippen LogP contribution in [0.4, 0.5) is 11.4 Å². The number of benzene rings is 2. The lowest BCUT2D eigenvalue weighted by atomic mass is 10.1. The normalized spacial score (nSPS) is 13.0. The third kappa shape index (κ3) is 4.80. The predicted octanol–water partition coefficient (Wildman–Crippen LogP) is 2.01. The molecule has 29 heavy (non-hydrogen) atoms. The average molecular weight is 416 g/mol. The molecule has 0 fully saturated rings. The van der Waals surface area contributed by atoms with E-state index in [0.29, 0.717) is 29.9 Å². The predicted molar refractivity (Wildman–Crippen MR) is 108 cm³/mol. The Morgan fingerprint density at radius 2 is 1.86 bits per heavy atom. The molecule has 0 atom stereocenters. The molecule has 3 rings (SSSR count). The third-order valence-electron chi connectivity index (χ3n) is 4.46. The van der Waals surface area contributed by atoms with Gasteiger partial charge in [-0.2, -0.15) is 0 Å². The van der Waals surface area contributed by atoms with E-state index in [1.807, 2.05) is 0 Å². The number of rotatable bonds is 6. The van der Waals surface area contributed by atoms with Gasteiger partial charge in [0, 0.05) is 17.8 Å². The smallest absolute Gasteiger partial charge is 0.338 e. The fraction of sp³-hybridized carbons (Fsp3) is 0.250. The summed E-state index contributed by atoms with van der Waals surface area (Å²) in [6.45, 7) is 1.26. The number of amides is 1. The van der Waals surface area contributed by atoms with Crippen LogP contribution in [0.1, 0.15) is 33.2 Å². The van der Waals surface area contributed by atoms with Crippen molar-refractivity contribution in [3.63, 3.8) is 0 Å². The molecule has 0 saturated heterocycles. The van der Waals surface area contributed by atoms with E-state index in [4.69, 9.17) is 4.74 Å². The zero-order valence-corrected chi connectivity index (χ0v) is 16.8. The number of nitrogens with one attached hydrogen (secondary N) is 1. The molecule has 0 unspecified atom stereocenters. The van der Waals surface area contributed by atoms with Gasteiger partial charge in [0.1, 0.15) is 0 Å². The largest absolute Gasteiger partial charge is 0.452 e. The van der Waals surface area contributed by atoms with Crippen molar-refractivity contribution >= 4 is 39.1 Å². The van der Waals surface area contributed by atoms with E-state index < -0.39 is 28.5 Å². The van der Waals surface area contributed by atoms with Gasteiger partial charge in [-0.05, 0) is 49.2 Å². The van der Waals surface area contributed by atoms with Gasteiger partial charge in [-0.25, -0.2) is 13.2 Å². The standard InChI is InChI=1S/C20H20N2O6S/c1-13(23)14-4-3-5-17(11-14)21-19(24)12-28-20(25)16-6-7-18-15(10-16)8-9-22(18)29(2,26)27/h3-7,10-11H,8-9,12H2,1-2H3,(H,21,24). The molecule has 9 heteroatoms. The summed E-state index contributed by atoms with van der Waals surface area (Å²) in [7, 11) is -3.37. The molecule has 1 N–H and O–H groups in total. The van der Waals surface area contributed by atoms with Gasteiger partial charge in [0.25, 0.3) is 5.91 Å². The van der Waals surface area contributed by atoms with Crippen LogP contribution < -0.4 is 9.62 Å². The number of Topliss-reactive ketones (excluding diaryl/α,β-unsaturated/α-hetero) is 1. The molecule has 2 aromatic rings. The Kier molecular flexibility index (Phi) is 5.69. The molecule has 0 spiro atoms. The number of ketones is 1. The Balaban J connectivity index is 1.61. The summed E-state index contributed by atoms with van der Waals surface area (Å²) in [4.78, 5) is 35.7. The molecule has 8 nitrogen and oxygen atoms in total. The maximum atomic E-state index is 12.2. The van der Waals surface area contributed by atoms with E-state index >= 15 is 0 Å². The van der Waals surface area contributed by atoms with Crippen molar-refractivity contribution in [2.75, 3.05) is 29.0 Å². The highest BCUT2D eigenvalue weighted by Gasteiger charge is 2.27. The zero-order chi connectivity index (χ0) is 21.2. The molecule has 1 heterocycles. The highest BCUT2D eigenvalue weighted by Crippen LogP contribution is 2.30. The molecular formula is C20H20N2O6S. The van der Waals surface area contributed by atoms with Crippen molar-refractivity contribution in [2.45, 2.75) is 13.3 Å². The minimum atomic E-state index is -3.37. The van der Waals surface area contributed by atoms with Gasteiger partial charge >= 0.3 is 5.97 Å². The van der Waals surface area contributed by atoms with E-state index in [-0.39, 0.29) is 11.3 Å². The van der Waals surface area contributed by atoms with Gasteiger partial charge in [0.15, 0.2) is 12.4 Å². The first-order chi connectivity index (χ1) is 13.6. The van der Waals surface area contributed by atoms with E-state index in [2.05, 4.69) is 5.32 Å². The second-order valence-electron chi connectivity index (χ2n) is 6.69. The van der Waals surface area contributed by atoms with Crippen LogP contribution in [0.15, 0.2) is 42.5 Å². The van der Waals surface area contributed by atoms with Gasteiger partial charge in [0.05, 0.1) is 17.5 Å². The van der Waals surface area contributed by atoms with Gasteiger partial charge in [-0.1, -0.05) is 12.1 Å². The SMILES string of the molecule is CC(=O)c1cccc(NC(=O)COC(=O)c2ccc3c(c2)CCN3S(C)(=O)=O)c1. The summed E-state index contributed by atoms with van der Waals surface area (Å²) in [6.07, 6.45) is 1.63. The van der Waals surface area contributed by atoms with Crippen molar-refractivity contribution in [2.24, 2.45) is 0 Å². The first kappa shape index (κ1) is 20.5.